The van der Waals surface area contributed by atoms with Gasteiger partial charge in [0.25, 0.3) is 5.91 Å². The van der Waals surface area contributed by atoms with Crippen molar-refractivity contribution >= 4 is 17.5 Å². The summed E-state index contributed by atoms with van der Waals surface area (Å²) in [6.45, 7) is 4.33. The number of H-pyrrole nitrogens is 1. The second kappa shape index (κ2) is 6.49. The molecule has 124 valence electrons. The van der Waals surface area contributed by atoms with Crippen molar-refractivity contribution in [3.8, 4) is 11.3 Å². The lowest BCUT2D eigenvalue weighted by atomic mass is 10.1. The molecular weight excluding hydrogens is 326 g/mol. The van der Waals surface area contributed by atoms with Gasteiger partial charge in [-0.25, -0.2) is 0 Å². The highest BCUT2D eigenvalue weighted by atomic mass is 35.5. The highest BCUT2D eigenvalue weighted by molar-refractivity contribution is 6.30. The number of rotatable bonds is 4. The molecule has 24 heavy (non-hydrogen) atoms. The third-order valence-electron chi connectivity index (χ3n) is 3.95. The number of amides is 1. The fourth-order valence-corrected chi connectivity index (χ4v) is 2.72. The summed E-state index contributed by atoms with van der Waals surface area (Å²) in [5.74, 6) is -0.206. The van der Waals surface area contributed by atoms with Crippen LogP contribution in [0.3, 0.4) is 0 Å². The number of halogens is 1. The van der Waals surface area contributed by atoms with Crippen LogP contribution in [0.2, 0.25) is 5.02 Å². The monoisotopic (exact) mass is 343 g/mol. The highest BCUT2D eigenvalue weighted by Gasteiger charge is 2.17. The smallest absolute Gasteiger partial charge is 0.269 e. The number of aromatic amines is 1. The molecule has 0 fully saturated rings. The predicted octanol–water partition coefficient (Wildman–Crippen LogP) is 3.01. The summed E-state index contributed by atoms with van der Waals surface area (Å²) in [4.78, 5) is 12.3. The molecule has 3 aromatic rings. The van der Waals surface area contributed by atoms with Crippen LogP contribution < -0.4 is 5.32 Å². The fourth-order valence-electron chi connectivity index (χ4n) is 2.59. The van der Waals surface area contributed by atoms with E-state index in [9.17, 15) is 4.79 Å². The average Bonchev–Trinajstić information content (AvgIpc) is 3.12. The summed E-state index contributed by atoms with van der Waals surface area (Å²) < 4.78 is 1.81. The zero-order valence-electron chi connectivity index (χ0n) is 13.7. The highest BCUT2D eigenvalue weighted by Crippen LogP contribution is 2.25. The van der Waals surface area contributed by atoms with Gasteiger partial charge in [-0.05, 0) is 37.6 Å². The molecule has 3 rings (SSSR count). The van der Waals surface area contributed by atoms with Gasteiger partial charge in [0.1, 0.15) is 5.69 Å². The number of carbonyl (C=O) groups excluding carboxylic acids is 1. The van der Waals surface area contributed by atoms with E-state index in [0.29, 0.717) is 17.3 Å². The summed E-state index contributed by atoms with van der Waals surface area (Å²) in [6, 6.07) is 9.09. The molecule has 0 bridgehead atoms. The van der Waals surface area contributed by atoms with Gasteiger partial charge in [-0.3, -0.25) is 14.6 Å². The Morgan fingerprint density at radius 3 is 2.62 bits per heavy atom. The van der Waals surface area contributed by atoms with Crippen molar-refractivity contribution in [3.63, 3.8) is 0 Å². The second-order valence-corrected chi connectivity index (χ2v) is 6.08. The van der Waals surface area contributed by atoms with Gasteiger partial charge in [0, 0.05) is 29.9 Å². The van der Waals surface area contributed by atoms with Crippen molar-refractivity contribution in [2.45, 2.75) is 20.4 Å². The molecule has 0 aliphatic heterocycles. The molecule has 0 atom stereocenters. The van der Waals surface area contributed by atoms with Gasteiger partial charge in [-0.2, -0.15) is 10.2 Å². The molecule has 0 radical (unpaired) electrons. The maximum Gasteiger partial charge on any atom is 0.269 e. The number of hydrogen-bond acceptors (Lipinski definition) is 3. The van der Waals surface area contributed by atoms with E-state index >= 15 is 0 Å². The van der Waals surface area contributed by atoms with Crippen molar-refractivity contribution in [2.75, 3.05) is 0 Å². The van der Waals surface area contributed by atoms with Crippen LogP contribution in [-0.2, 0) is 13.6 Å². The Kier molecular flexibility index (Phi) is 4.40. The van der Waals surface area contributed by atoms with Gasteiger partial charge in [0.15, 0.2) is 0 Å². The van der Waals surface area contributed by atoms with Crippen molar-refractivity contribution < 1.29 is 4.79 Å². The van der Waals surface area contributed by atoms with Crippen molar-refractivity contribution in [3.05, 3.63) is 58.0 Å². The predicted molar refractivity (Wildman–Crippen MR) is 92.9 cm³/mol. The lowest BCUT2D eigenvalue weighted by Crippen LogP contribution is -2.23. The van der Waals surface area contributed by atoms with Crippen LogP contribution in [0.5, 0.6) is 0 Å². The Bertz CT molecular complexity index is 879. The molecule has 6 nitrogen and oxygen atoms in total. The molecule has 0 saturated heterocycles. The van der Waals surface area contributed by atoms with E-state index < -0.39 is 0 Å². The van der Waals surface area contributed by atoms with Crippen LogP contribution in [0.4, 0.5) is 0 Å². The Hall–Kier alpha value is -2.60. The van der Waals surface area contributed by atoms with Crippen molar-refractivity contribution in [2.24, 2.45) is 7.05 Å². The quantitative estimate of drug-likeness (QED) is 0.764. The Labute approximate surface area is 144 Å². The van der Waals surface area contributed by atoms with Crippen molar-refractivity contribution in [1.82, 2.24) is 25.3 Å². The molecule has 0 spiro atoms. The lowest BCUT2D eigenvalue weighted by molar-refractivity contribution is 0.0946. The molecule has 2 heterocycles. The van der Waals surface area contributed by atoms with Crippen LogP contribution >= 0.6 is 11.6 Å². The van der Waals surface area contributed by atoms with E-state index in [4.69, 9.17) is 11.6 Å². The van der Waals surface area contributed by atoms with E-state index in [-0.39, 0.29) is 5.91 Å². The first-order chi connectivity index (χ1) is 11.5. The Morgan fingerprint density at radius 2 is 2.00 bits per heavy atom. The standard InChI is InChI=1S/C17H18ClN5O/c1-10-16(11(2)23(3)22-10)14-8-15(21-20-14)17(24)19-9-12-4-6-13(18)7-5-12/h4-8H,9H2,1-3H3,(H,19,24)(H,20,21). The molecule has 0 aliphatic carbocycles. The van der Waals surface area contributed by atoms with Gasteiger partial charge in [-0.1, -0.05) is 23.7 Å². The molecule has 2 aromatic heterocycles. The number of hydrogen-bond donors (Lipinski definition) is 2. The molecular formula is C17H18ClN5O. The van der Waals surface area contributed by atoms with Gasteiger partial charge >= 0.3 is 0 Å². The largest absolute Gasteiger partial charge is 0.347 e. The van der Waals surface area contributed by atoms with E-state index in [2.05, 4.69) is 20.6 Å². The molecule has 2 N–H and O–H groups in total. The number of nitrogens with one attached hydrogen (secondary N) is 2. The van der Waals surface area contributed by atoms with Crippen LogP contribution in [0, 0.1) is 13.8 Å². The summed E-state index contributed by atoms with van der Waals surface area (Å²) in [6.07, 6.45) is 0. The number of carbonyl (C=O) groups is 1. The minimum absolute atomic E-state index is 0.206. The SMILES string of the molecule is Cc1nn(C)c(C)c1-c1cc(C(=O)NCc2ccc(Cl)cc2)[nH]n1. The summed E-state index contributed by atoms with van der Waals surface area (Å²) in [7, 11) is 1.89. The first-order valence-electron chi connectivity index (χ1n) is 7.54. The third-order valence-corrected chi connectivity index (χ3v) is 4.21. The average molecular weight is 344 g/mol. The minimum atomic E-state index is -0.206. The molecule has 0 aliphatic rings. The molecule has 7 heteroatoms. The van der Waals surface area contributed by atoms with Crippen LogP contribution in [0.1, 0.15) is 27.4 Å². The molecule has 1 aromatic carbocycles. The topological polar surface area (TPSA) is 75.6 Å². The summed E-state index contributed by atoms with van der Waals surface area (Å²) in [5.41, 5.74) is 4.95. The zero-order chi connectivity index (χ0) is 17.3. The van der Waals surface area contributed by atoms with Crippen LogP contribution in [-0.4, -0.2) is 25.9 Å². The summed E-state index contributed by atoms with van der Waals surface area (Å²) in [5, 5.41) is 15.0. The van der Waals surface area contributed by atoms with E-state index in [1.165, 1.54) is 0 Å². The van der Waals surface area contributed by atoms with E-state index in [1.54, 1.807) is 22.9 Å². The molecule has 0 saturated carbocycles. The second-order valence-electron chi connectivity index (χ2n) is 5.65. The van der Waals surface area contributed by atoms with Crippen LogP contribution in [0.25, 0.3) is 11.3 Å². The Balaban J connectivity index is 1.73. The zero-order valence-corrected chi connectivity index (χ0v) is 14.5. The van der Waals surface area contributed by atoms with Gasteiger partial charge in [0.05, 0.1) is 11.4 Å². The maximum absolute atomic E-state index is 12.3. The number of nitrogens with zero attached hydrogens (tertiary/aromatic N) is 3. The first kappa shape index (κ1) is 16.3. The Morgan fingerprint density at radius 1 is 1.29 bits per heavy atom. The number of benzene rings is 1. The molecule has 0 unspecified atom stereocenters. The molecule has 1 amide bonds. The van der Waals surface area contributed by atoms with Crippen molar-refractivity contribution in [1.29, 1.82) is 0 Å². The summed E-state index contributed by atoms with van der Waals surface area (Å²) >= 11 is 5.85. The number of aryl methyl sites for hydroxylation is 2. The first-order valence-corrected chi connectivity index (χ1v) is 7.92. The minimum Gasteiger partial charge on any atom is -0.347 e. The van der Waals surface area contributed by atoms with E-state index in [0.717, 1.165) is 28.2 Å². The number of aromatic nitrogens is 4. The van der Waals surface area contributed by atoms with Gasteiger partial charge < -0.3 is 5.32 Å². The lowest BCUT2D eigenvalue weighted by Gasteiger charge is -2.03. The van der Waals surface area contributed by atoms with E-state index in [1.807, 2.05) is 33.0 Å². The van der Waals surface area contributed by atoms with Crippen LogP contribution in [0.15, 0.2) is 30.3 Å². The maximum atomic E-state index is 12.3. The fraction of sp³-hybridized carbons (Fsp3) is 0.235. The normalized spacial score (nSPS) is 10.8. The van der Waals surface area contributed by atoms with Gasteiger partial charge in [-0.15, -0.1) is 0 Å². The third kappa shape index (κ3) is 3.19. The van der Waals surface area contributed by atoms with Gasteiger partial charge in [0.2, 0.25) is 0 Å².